The number of hydrogen-bond donors (Lipinski definition) is 3. The van der Waals surface area contributed by atoms with Gasteiger partial charge in [-0.1, -0.05) is 285 Å². The van der Waals surface area contributed by atoms with Gasteiger partial charge in [0.05, 0.1) is 26.4 Å². The number of phosphoric acid groups is 2. The van der Waals surface area contributed by atoms with Crippen LogP contribution in [-0.4, -0.2) is 96.7 Å². The third-order valence-electron chi connectivity index (χ3n) is 16.4. The lowest BCUT2D eigenvalue weighted by atomic mass is 10.00. The van der Waals surface area contributed by atoms with Gasteiger partial charge >= 0.3 is 39.5 Å². The van der Waals surface area contributed by atoms with Crippen molar-refractivity contribution in [2.45, 2.75) is 356 Å². The van der Waals surface area contributed by atoms with Crippen molar-refractivity contribution in [3.05, 3.63) is 24.3 Å². The van der Waals surface area contributed by atoms with Crippen LogP contribution in [0.1, 0.15) is 337 Å². The van der Waals surface area contributed by atoms with Crippen LogP contribution in [0.4, 0.5) is 0 Å². The minimum absolute atomic E-state index is 0.0845. The zero-order valence-corrected chi connectivity index (χ0v) is 60.6. The van der Waals surface area contributed by atoms with Gasteiger partial charge in [0, 0.05) is 25.7 Å². The number of allylic oxidation sites excluding steroid dienone is 4. The number of aliphatic hydroxyl groups excluding tert-OH is 1. The Morgan fingerprint density at radius 3 is 0.978 bits per heavy atom. The van der Waals surface area contributed by atoms with Crippen molar-refractivity contribution in [1.82, 2.24) is 0 Å². The SMILES string of the molecule is CCCCCC/C=C\C=C/CCCCCCCC(=O)O[C@H](COC(=O)CCCCCCCCCCCCCCCC(C)C)COP(=O)(O)OC[C@@H](O)COP(=O)(O)OC[C@@H](COC(=O)CCCCCCCCC(C)CC)OC(=O)CCCCCCCCCC(C)C. The maximum Gasteiger partial charge on any atom is 0.472 e. The number of carbonyl (C=O) groups excluding carboxylic acids is 4. The Balaban J connectivity index is 5.28. The van der Waals surface area contributed by atoms with Crippen LogP contribution in [0.5, 0.6) is 0 Å². The van der Waals surface area contributed by atoms with Gasteiger partial charge in [0.1, 0.15) is 19.3 Å². The molecule has 0 fully saturated rings. The molecular formula is C72H136O17P2. The minimum Gasteiger partial charge on any atom is -0.462 e. The van der Waals surface area contributed by atoms with Crippen molar-refractivity contribution in [2.24, 2.45) is 17.8 Å². The lowest BCUT2D eigenvalue weighted by molar-refractivity contribution is -0.161. The Kier molecular flexibility index (Phi) is 60.7. The van der Waals surface area contributed by atoms with Crippen LogP contribution in [0, 0.1) is 17.8 Å². The standard InChI is InChI=1S/C72H136O17P2/c1-8-10-11-12-13-14-15-16-17-20-24-27-32-41-48-55-71(76)88-67(59-82-69(74)53-46-39-31-26-23-21-18-19-22-25-29-36-43-50-63(3)4)61-86-90(78,79)84-57-66(73)58-85-91(80,81)87-62-68(89-72(77)56-49-42-33-28-30-37-44-51-64(5)6)60-83-70(75)54-47-40-35-34-38-45-52-65(7)9-2/h14-17,63-68,73H,8-13,18-62H2,1-7H3,(H,78,79)(H,80,81)/b15-14-,17-16-/t65?,66-,67-,68-/m1/s1. The number of carbonyl (C=O) groups is 4. The summed E-state index contributed by atoms with van der Waals surface area (Å²) in [5.74, 6) is 0.0544. The Bertz CT molecular complexity index is 1880. The van der Waals surface area contributed by atoms with Gasteiger partial charge in [-0.25, -0.2) is 9.13 Å². The summed E-state index contributed by atoms with van der Waals surface area (Å²) in [7, 11) is -9.92. The fraction of sp³-hybridized carbons (Fsp3) is 0.889. The number of phosphoric ester groups is 2. The summed E-state index contributed by atoms with van der Waals surface area (Å²) >= 11 is 0. The first kappa shape index (κ1) is 88.5. The largest absolute Gasteiger partial charge is 0.472 e. The van der Waals surface area contributed by atoms with Gasteiger partial charge in [0.25, 0.3) is 0 Å². The van der Waals surface area contributed by atoms with Crippen LogP contribution in [-0.2, 0) is 65.4 Å². The molecule has 0 amide bonds. The number of unbranched alkanes of at least 4 members (excludes halogenated alkanes) is 32. The van der Waals surface area contributed by atoms with E-state index in [9.17, 15) is 43.2 Å². The summed E-state index contributed by atoms with van der Waals surface area (Å²) in [4.78, 5) is 72.6. The average Bonchev–Trinajstić information content (AvgIpc) is 3.34. The molecule has 0 saturated heterocycles. The predicted molar refractivity (Wildman–Crippen MR) is 367 cm³/mol. The molecular weight excluding hydrogens is 1200 g/mol. The van der Waals surface area contributed by atoms with E-state index < -0.39 is 97.5 Å². The third-order valence-corrected chi connectivity index (χ3v) is 18.3. The van der Waals surface area contributed by atoms with Gasteiger partial charge in [-0.15, -0.1) is 0 Å². The zero-order chi connectivity index (χ0) is 67.3. The smallest absolute Gasteiger partial charge is 0.462 e. The Morgan fingerprint density at radius 2 is 0.648 bits per heavy atom. The van der Waals surface area contributed by atoms with Crippen LogP contribution in [0.25, 0.3) is 0 Å². The molecule has 0 aliphatic rings. The van der Waals surface area contributed by atoms with Crippen molar-refractivity contribution in [3.8, 4) is 0 Å². The van der Waals surface area contributed by atoms with E-state index in [1.54, 1.807) is 0 Å². The van der Waals surface area contributed by atoms with E-state index in [0.717, 1.165) is 121 Å². The molecule has 17 nitrogen and oxygen atoms in total. The first-order chi connectivity index (χ1) is 43.8. The summed E-state index contributed by atoms with van der Waals surface area (Å²) in [5, 5.41) is 10.6. The van der Waals surface area contributed by atoms with Crippen molar-refractivity contribution in [1.29, 1.82) is 0 Å². The molecule has 19 heteroatoms. The number of aliphatic hydroxyl groups is 1. The highest BCUT2D eigenvalue weighted by Crippen LogP contribution is 2.45. The topological polar surface area (TPSA) is 237 Å². The Hall–Kier alpha value is -2.46. The molecule has 3 N–H and O–H groups in total. The van der Waals surface area contributed by atoms with Gasteiger partial charge in [0.15, 0.2) is 12.2 Å². The summed E-state index contributed by atoms with van der Waals surface area (Å²) in [5.41, 5.74) is 0. The molecule has 536 valence electrons. The fourth-order valence-electron chi connectivity index (χ4n) is 10.3. The van der Waals surface area contributed by atoms with Crippen molar-refractivity contribution in [3.63, 3.8) is 0 Å². The molecule has 0 radical (unpaired) electrons. The van der Waals surface area contributed by atoms with Crippen LogP contribution < -0.4 is 0 Å². The second-order valence-corrected chi connectivity index (χ2v) is 29.4. The quantitative estimate of drug-likeness (QED) is 0.0169. The van der Waals surface area contributed by atoms with E-state index in [1.807, 2.05) is 0 Å². The van der Waals surface area contributed by atoms with E-state index in [0.29, 0.717) is 31.6 Å². The first-order valence-corrected chi connectivity index (χ1v) is 39.7. The Morgan fingerprint density at radius 1 is 0.363 bits per heavy atom. The molecule has 6 atom stereocenters. The number of esters is 4. The maximum atomic E-state index is 13.0. The molecule has 91 heavy (non-hydrogen) atoms. The normalized spacial score (nSPS) is 14.6. The Labute approximate surface area is 554 Å². The molecule has 3 unspecified atom stereocenters. The average molecular weight is 1340 g/mol. The zero-order valence-electron chi connectivity index (χ0n) is 58.8. The minimum atomic E-state index is -4.96. The molecule has 0 heterocycles. The van der Waals surface area contributed by atoms with E-state index in [1.165, 1.54) is 128 Å². The summed E-state index contributed by atoms with van der Waals surface area (Å²) in [6.07, 6.45) is 49.5. The molecule has 0 aromatic heterocycles. The van der Waals surface area contributed by atoms with E-state index in [2.05, 4.69) is 72.8 Å². The van der Waals surface area contributed by atoms with Crippen molar-refractivity contribution in [2.75, 3.05) is 39.6 Å². The molecule has 0 aliphatic carbocycles. The molecule has 0 rings (SSSR count). The lowest BCUT2D eigenvalue weighted by Crippen LogP contribution is -2.30. The maximum absolute atomic E-state index is 13.0. The van der Waals surface area contributed by atoms with Gasteiger partial charge in [-0.3, -0.25) is 37.3 Å². The third kappa shape index (κ3) is 64.6. The number of rotatable bonds is 68. The predicted octanol–water partition coefficient (Wildman–Crippen LogP) is 20.2. The second-order valence-electron chi connectivity index (χ2n) is 26.5. The molecule has 0 spiro atoms. The summed E-state index contributed by atoms with van der Waals surface area (Å²) in [6, 6.07) is 0. The van der Waals surface area contributed by atoms with Crippen molar-refractivity contribution >= 4 is 39.5 Å². The monoisotopic (exact) mass is 1330 g/mol. The van der Waals surface area contributed by atoms with Crippen LogP contribution in [0.2, 0.25) is 0 Å². The van der Waals surface area contributed by atoms with Crippen LogP contribution >= 0.6 is 15.6 Å². The first-order valence-electron chi connectivity index (χ1n) is 36.7. The molecule has 0 bridgehead atoms. The van der Waals surface area contributed by atoms with Gasteiger partial charge in [-0.05, 0) is 69.1 Å². The second kappa shape index (κ2) is 62.4. The highest BCUT2D eigenvalue weighted by molar-refractivity contribution is 7.47. The van der Waals surface area contributed by atoms with Crippen molar-refractivity contribution < 1.29 is 80.2 Å². The van der Waals surface area contributed by atoms with E-state index >= 15 is 0 Å². The van der Waals surface area contributed by atoms with E-state index in [4.69, 9.17) is 37.0 Å². The van der Waals surface area contributed by atoms with Crippen LogP contribution in [0.15, 0.2) is 24.3 Å². The number of ether oxygens (including phenoxy) is 4. The lowest BCUT2D eigenvalue weighted by Gasteiger charge is -2.21. The van der Waals surface area contributed by atoms with Gasteiger partial charge in [0.2, 0.25) is 0 Å². The van der Waals surface area contributed by atoms with Crippen LogP contribution in [0.3, 0.4) is 0 Å². The molecule has 0 aromatic carbocycles. The molecule has 0 saturated carbocycles. The van der Waals surface area contributed by atoms with Gasteiger partial charge < -0.3 is 33.8 Å². The summed E-state index contributed by atoms with van der Waals surface area (Å²) in [6.45, 7) is 11.7. The summed E-state index contributed by atoms with van der Waals surface area (Å²) < 4.78 is 68.3. The highest BCUT2D eigenvalue weighted by atomic mass is 31.2. The molecule has 0 aliphatic heterocycles. The van der Waals surface area contributed by atoms with Gasteiger partial charge in [-0.2, -0.15) is 0 Å². The number of hydrogen-bond acceptors (Lipinski definition) is 15. The highest BCUT2D eigenvalue weighted by Gasteiger charge is 2.30. The molecule has 0 aromatic rings. The van der Waals surface area contributed by atoms with E-state index in [-0.39, 0.29) is 25.7 Å². The fourth-order valence-corrected chi connectivity index (χ4v) is 11.9.